The number of para-hydroxylation sites is 1. The Balaban J connectivity index is 0.875. The molecule has 2 aromatic carbocycles. The van der Waals surface area contributed by atoms with Crippen molar-refractivity contribution in [2.45, 2.75) is 102 Å². The van der Waals surface area contributed by atoms with E-state index in [4.69, 9.17) is 14.8 Å². The second-order valence-corrected chi connectivity index (χ2v) is 17.9. The summed E-state index contributed by atoms with van der Waals surface area (Å²) in [6.45, 7) is 3.49. The lowest BCUT2D eigenvalue weighted by Gasteiger charge is -2.28. The molecule has 3 aliphatic rings. The second-order valence-electron chi connectivity index (χ2n) is 16.5. The number of likely N-dealkylation sites (tertiary alicyclic amines) is 1. The van der Waals surface area contributed by atoms with Gasteiger partial charge in [0, 0.05) is 80.3 Å². The number of H-pyrrole nitrogens is 1. The molecule has 1 aliphatic carbocycles. The van der Waals surface area contributed by atoms with Gasteiger partial charge in [-0.05, 0) is 86.6 Å². The van der Waals surface area contributed by atoms with E-state index < -0.39 is 35.4 Å². The average Bonchev–Trinajstić information content (AvgIpc) is 3.90. The Kier molecular flexibility index (Phi) is 17.4. The number of hydroxylamine groups is 3. The number of thioether (sulfide) groups is 1. The maximum Gasteiger partial charge on any atom is 0.410 e. The van der Waals surface area contributed by atoms with Gasteiger partial charge < -0.3 is 29.9 Å². The fourth-order valence-corrected chi connectivity index (χ4v) is 9.34. The third kappa shape index (κ3) is 13.2. The van der Waals surface area contributed by atoms with Crippen molar-refractivity contribution in [1.82, 2.24) is 30.6 Å². The normalized spacial score (nSPS) is 20.0. The van der Waals surface area contributed by atoms with E-state index in [1.165, 1.54) is 22.7 Å². The minimum atomic E-state index is -1.09. The SMILES string of the molecule is Cc1[nH]c2ccccc2c1CCN(Cc1ccc(/C=C/C(=O)NO)cc1)C(=O)OCCSC1CC(=O)N(CCCCCC(=O)NCC2CCC(C(=O)ON3C(=O)CCC3O)CC2)C1=O. The molecule has 2 saturated heterocycles. The highest BCUT2D eigenvalue weighted by molar-refractivity contribution is 8.00. The molecule has 0 radical (unpaired) electrons. The first kappa shape index (κ1) is 47.8. The first-order valence-corrected chi connectivity index (χ1v) is 23.1. The van der Waals surface area contributed by atoms with Crippen LogP contribution in [0.15, 0.2) is 54.6 Å². The molecule has 3 heterocycles. The average molecular weight is 903 g/mol. The number of ether oxygens (including phenoxy) is 1. The van der Waals surface area contributed by atoms with Crippen molar-refractivity contribution in [3.05, 3.63) is 77.0 Å². The highest BCUT2D eigenvalue weighted by atomic mass is 32.2. The van der Waals surface area contributed by atoms with Gasteiger partial charge in [-0.3, -0.25) is 34.1 Å². The Morgan fingerprint density at radius 1 is 0.969 bits per heavy atom. The predicted octanol–water partition coefficient (Wildman–Crippen LogP) is 4.92. The first-order valence-electron chi connectivity index (χ1n) is 22.0. The lowest BCUT2D eigenvalue weighted by Crippen LogP contribution is -2.38. The number of rotatable bonds is 21. The number of hydrogen-bond acceptors (Lipinski definition) is 12. The molecule has 2 atom stereocenters. The van der Waals surface area contributed by atoms with Crippen molar-refractivity contribution < 1.29 is 53.4 Å². The molecule has 2 aliphatic heterocycles. The van der Waals surface area contributed by atoms with E-state index in [-0.39, 0.29) is 68.5 Å². The van der Waals surface area contributed by atoms with Crippen LogP contribution in [-0.4, -0.2) is 115 Å². The molecule has 64 heavy (non-hydrogen) atoms. The Hall–Kier alpha value is -5.72. The maximum atomic E-state index is 13.5. The molecule has 344 valence electrons. The fraction of sp³-hybridized carbons (Fsp3) is 0.500. The van der Waals surface area contributed by atoms with Gasteiger partial charge in [-0.25, -0.2) is 15.1 Å². The van der Waals surface area contributed by atoms with Crippen LogP contribution >= 0.6 is 11.8 Å². The molecule has 6 rings (SSSR count). The number of amides is 6. The Morgan fingerprint density at radius 2 is 1.73 bits per heavy atom. The summed E-state index contributed by atoms with van der Waals surface area (Å²) >= 11 is 1.29. The topological polar surface area (TPSA) is 228 Å². The van der Waals surface area contributed by atoms with Gasteiger partial charge in [-0.1, -0.05) is 48.9 Å². The molecular weight excluding hydrogens is 845 g/mol. The number of carbonyl (C=O) groups is 7. The van der Waals surface area contributed by atoms with Gasteiger partial charge in [0.1, 0.15) is 6.61 Å². The van der Waals surface area contributed by atoms with Gasteiger partial charge >= 0.3 is 12.1 Å². The number of nitrogens with zero attached hydrogens (tertiary/aromatic N) is 3. The van der Waals surface area contributed by atoms with Crippen LogP contribution in [-0.2, 0) is 51.3 Å². The van der Waals surface area contributed by atoms with Crippen molar-refractivity contribution >= 4 is 70.3 Å². The summed E-state index contributed by atoms with van der Waals surface area (Å²) in [7, 11) is 0. The molecule has 3 aromatic rings. The molecule has 18 heteroatoms. The second kappa shape index (κ2) is 23.3. The third-order valence-corrected chi connectivity index (χ3v) is 13.2. The van der Waals surface area contributed by atoms with E-state index in [9.17, 15) is 38.7 Å². The zero-order valence-corrected chi connectivity index (χ0v) is 36.9. The largest absolute Gasteiger partial charge is 0.449 e. The van der Waals surface area contributed by atoms with Crippen molar-refractivity contribution in [2.75, 3.05) is 32.0 Å². The number of aromatic amines is 1. The van der Waals surface area contributed by atoms with Crippen LogP contribution in [0.1, 0.15) is 93.0 Å². The monoisotopic (exact) mass is 902 g/mol. The van der Waals surface area contributed by atoms with Gasteiger partial charge in [0.2, 0.25) is 17.7 Å². The van der Waals surface area contributed by atoms with Crippen LogP contribution in [0.25, 0.3) is 17.0 Å². The van der Waals surface area contributed by atoms with Crippen LogP contribution in [0.5, 0.6) is 0 Å². The fourth-order valence-electron chi connectivity index (χ4n) is 8.34. The number of aliphatic hydroxyl groups excluding tert-OH is 1. The standard InChI is InChI=1S/C46H58N6O11S/c1-30-35(36-7-4-5-8-37(36)48-30)22-24-50(29-33-12-10-31(11-13-33)16-19-40(54)49-61)46(60)62-25-26-64-38-27-43(57)51(44(38)58)23-6-2-3-9-39(53)47-28-32-14-17-34(18-15-32)45(59)63-52-41(55)20-21-42(52)56/h4-5,7-8,10-13,16,19,32,34,38,41,48,55,61H,2-3,6,9,14-15,17-18,20-29H2,1H3,(H,47,53)(H,49,54)/b19-16+. The summed E-state index contributed by atoms with van der Waals surface area (Å²) in [6, 6.07) is 15.3. The van der Waals surface area contributed by atoms with E-state index >= 15 is 0 Å². The van der Waals surface area contributed by atoms with E-state index in [1.807, 2.05) is 43.3 Å². The van der Waals surface area contributed by atoms with Gasteiger partial charge in [-0.15, -0.1) is 16.8 Å². The van der Waals surface area contributed by atoms with E-state index in [1.54, 1.807) is 28.6 Å². The molecule has 17 nitrogen and oxygen atoms in total. The lowest BCUT2D eigenvalue weighted by atomic mass is 9.82. The summed E-state index contributed by atoms with van der Waals surface area (Å²) in [5, 5.41) is 22.9. The van der Waals surface area contributed by atoms with Crippen LogP contribution in [0.4, 0.5) is 4.79 Å². The van der Waals surface area contributed by atoms with Crippen molar-refractivity contribution in [3.8, 4) is 0 Å². The number of aromatic nitrogens is 1. The number of imide groups is 1. The molecule has 1 saturated carbocycles. The quantitative estimate of drug-likeness (QED) is 0.0316. The van der Waals surface area contributed by atoms with Gasteiger partial charge in [-0.2, -0.15) is 0 Å². The van der Waals surface area contributed by atoms with E-state index in [0.717, 1.165) is 51.2 Å². The maximum absolute atomic E-state index is 13.5. The number of aryl methyl sites for hydroxylation is 1. The minimum Gasteiger partial charge on any atom is -0.449 e. The molecule has 0 bridgehead atoms. The summed E-state index contributed by atoms with van der Waals surface area (Å²) in [5.74, 6) is -1.90. The summed E-state index contributed by atoms with van der Waals surface area (Å²) in [5.41, 5.74) is 6.29. The van der Waals surface area contributed by atoms with E-state index in [0.29, 0.717) is 63.8 Å². The molecule has 1 aromatic heterocycles. The Bertz CT molecular complexity index is 2170. The van der Waals surface area contributed by atoms with Gasteiger partial charge in [0.05, 0.1) is 11.2 Å². The van der Waals surface area contributed by atoms with Crippen molar-refractivity contribution in [2.24, 2.45) is 11.8 Å². The molecule has 0 spiro atoms. The van der Waals surface area contributed by atoms with Gasteiger partial charge in [0.25, 0.3) is 11.8 Å². The zero-order chi connectivity index (χ0) is 45.6. The number of unbranched alkanes of at least 4 members (excludes halogenated alkanes) is 2. The van der Waals surface area contributed by atoms with Crippen LogP contribution in [0.2, 0.25) is 0 Å². The van der Waals surface area contributed by atoms with Gasteiger partial charge in [0.15, 0.2) is 6.23 Å². The molecular formula is C46H58N6O11S. The molecule has 3 fully saturated rings. The number of fused-ring (bicyclic) bond motifs is 1. The van der Waals surface area contributed by atoms with Crippen molar-refractivity contribution in [1.29, 1.82) is 0 Å². The smallest absolute Gasteiger partial charge is 0.410 e. The van der Waals surface area contributed by atoms with E-state index in [2.05, 4.69) is 10.3 Å². The Morgan fingerprint density at radius 3 is 2.47 bits per heavy atom. The number of nitrogens with one attached hydrogen (secondary N) is 3. The summed E-state index contributed by atoms with van der Waals surface area (Å²) in [4.78, 5) is 99.2. The van der Waals surface area contributed by atoms with Crippen LogP contribution < -0.4 is 10.8 Å². The number of hydrogen-bond donors (Lipinski definition) is 5. The molecule has 2 unspecified atom stereocenters. The minimum absolute atomic E-state index is 0.0481. The number of carbonyl (C=O) groups excluding carboxylic acids is 7. The highest BCUT2D eigenvalue weighted by Crippen LogP contribution is 2.31. The Labute approximate surface area is 376 Å². The molecule has 5 N–H and O–H groups in total. The number of benzene rings is 2. The highest BCUT2D eigenvalue weighted by Gasteiger charge is 2.39. The van der Waals surface area contributed by atoms with Crippen LogP contribution in [0, 0.1) is 18.8 Å². The number of aliphatic hydroxyl groups is 1. The summed E-state index contributed by atoms with van der Waals surface area (Å²) in [6.07, 6.45) is 7.04. The van der Waals surface area contributed by atoms with Crippen molar-refractivity contribution in [3.63, 3.8) is 0 Å². The third-order valence-electron chi connectivity index (χ3n) is 12.0. The summed E-state index contributed by atoms with van der Waals surface area (Å²) < 4.78 is 5.72. The zero-order valence-electron chi connectivity index (χ0n) is 36.1. The predicted molar refractivity (Wildman–Crippen MR) is 237 cm³/mol. The first-order chi connectivity index (χ1) is 30.9. The molecule has 6 amide bonds. The lowest BCUT2D eigenvalue weighted by molar-refractivity contribution is -0.224. The van der Waals surface area contributed by atoms with Crippen LogP contribution in [0.3, 0.4) is 0 Å².